The number of rotatable bonds is 9. The van der Waals surface area contributed by atoms with Crippen LogP contribution in [0.1, 0.15) is 27.5 Å². The average molecular weight is 421 g/mol. The standard InChI is InChI=1S/C17H24N4O2S.2ClH/c1-21(2)8-3-9-23-14-6-4-13(5-7-14)11-19-17(22)15-12-24-16(10-18)20-15;;/h4-7,12H,3,8-11,18H2,1-2H3,(H,19,22);2*1H. The van der Waals surface area contributed by atoms with E-state index in [2.05, 4.69) is 15.2 Å². The Hall–Kier alpha value is -1.38. The van der Waals surface area contributed by atoms with Crippen molar-refractivity contribution in [2.24, 2.45) is 5.73 Å². The molecule has 0 bridgehead atoms. The Labute approximate surface area is 170 Å². The second kappa shape index (κ2) is 12.9. The van der Waals surface area contributed by atoms with Gasteiger partial charge < -0.3 is 20.7 Å². The highest BCUT2D eigenvalue weighted by Gasteiger charge is 2.09. The third-order valence-electron chi connectivity index (χ3n) is 3.35. The fourth-order valence-electron chi connectivity index (χ4n) is 2.06. The molecule has 0 fully saturated rings. The quantitative estimate of drug-likeness (QED) is 0.609. The summed E-state index contributed by atoms with van der Waals surface area (Å²) >= 11 is 1.40. The lowest BCUT2D eigenvalue weighted by atomic mass is 10.2. The molecule has 1 aromatic carbocycles. The number of halogens is 2. The van der Waals surface area contributed by atoms with Crippen LogP contribution in [0.15, 0.2) is 29.6 Å². The zero-order valence-corrected chi connectivity index (χ0v) is 17.4. The van der Waals surface area contributed by atoms with Crippen LogP contribution >= 0.6 is 36.2 Å². The fraction of sp³-hybridized carbons (Fsp3) is 0.412. The molecule has 0 saturated carbocycles. The van der Waals surface area contributed by atoms with E-state index in [0.717, 1.165) is 29.3 Å². The molecular formula is C17H26Cl2N4O2S. The van der Waals surface area contributed by atoms with E-state index in [0.29, 0.717) is 25.4 Å². The molecule has 0 aliphatic carbocycles. The lowest BCUT2D eigenvalue weighted by molar-refractivity contribution is 0.0946. The summed E-state index contributed by atoms with van der Waals surface area (Å²) in [5.41, 5.74) is 6.93. The Balaban J connectivity index is 0.00000312. The third-order valence-corrected chi connectivity index (χ3v) is 4.22. The van der Waals surface area contributed by atoms with Crippen LogP contribution < -0.4 is 15.8 Å². The molecule has 6 nitrogen and oxygen atoms in total. The van der Waals surface area contributed by atoms with Gasteiger partial charge in [-0.1, -0.05) is 12.1 Å². The van der Waals surface area contributed by atoms with Crippen molar-refractivity contribution in [2.75, 3.05) is 27.2 Å². The number of carbonyl (C=O) groups excluding carboxylic acids is 1. The highest BCUT2D eigenvalue weighted by molar-refractivity contribution is 7.09. The van der Waals surface area contributed by atoms with E-state index in [1.54, 1.807) is 5.38 Å². The van der Waals surface area contributed by atoms with Gasteiger partial charge in [0.05, 0.1) is 6.61 Å². The van der Waals surface area contributed by atoms with Gasteiger partial charge in [-0.2, -0.15) is 0 Å². The van der Waals surface area contributed by atoms with Gasteiger partial charge in [0.25, 0.3) is 5.91 Å². The lowest BCUT2D eigenvalue weighted by Crippen LogP contribution is -2.23. The van der Waals surface area contributed by atoms with Crippen LogP contribution in [-0.4, -0.2) is 43.0 Å². The molecule has 2 aromatic rings. The minimum atomic E-state index is -0.185. The first kappa shape index (κ1) is 24.6. The average Bonchev–Trinajstić information content (AvgIpc) is 3.07. The molecule has 0 aliphatic rings. The summed E-state index contributed by atoms with van der Waals surface area (Å²) in [6, 6.07) is 7.75. The van der Waals surface area contributed by atoms with E-state index >= 15 is 0 Å². The van der Waals surface area contributed by atoms with Gasteiger partial charge in [0.15, 0.2) is 0 Å². The summed E-state index contributed by atoms with van der Waals surface area (Å²) in [6.07, 6.45) is 0.989. The van der Waals surface area contributed by atoms with E-state index in [-0.39, 0.29) is 30.7 Å². The number of nitrogens with zero attached hydrogens (tertiary/aromatic N) is 2. The molecular weight excluding hydrogens is 395 g/mol. The Morgan fingerprint density at radius 1 is 1.27 bits per heavy atom. The fourth-order valence-corrected chi connectivity index (χ4v) is 2.71. The second-order valence-corrected chi connectivity index (χ2v) is 6.61. The van der Waals surface area contributed by atoms with Gasteiger partial charge >= 0.3 is 0 Å². The minimum absolute atomic E-state index is 0. The minimum Gasteiger partial charge on any atom is -0.494 e. The number of nitrogens with one attached hydrogen (secondary N) is 1. The van der Waals surface area contributed by atoms with Crippen molar-refractivity contribution in [2.45, 2.75) is 19.5 Å². The van der Waals surface area contributed by atoms with Crippen molar-refractivity contribution in [3.8, 4) is 5.75 Å². The van der Waals surface area contributed by atoms with Crippen LogP contribution in [0, 0.1) is 0 Å². The number of nitrogens with two attached hydrogens (primary N) is 1. The van der Waals surface area contributed by atoms with Gasteiger partial charge in [0.1, 0.15) is 16.5 Å². The van der Waals surface area contributed by atoms with E-state index in [4.69, 9.17) is 10.5 Å². The smallest absolute Gasteiger partial charge is 0.271 e. The van der Waals surface area contributed by atoms with Crippen molar-refractivity contribution in [3.05, 3.63) is 45.9 Å². The predicted octanol–water partition coefficient (Wildman–Crippen LogP) is 2.71. The van der Waals surface area contributed by atoms with Crippen LogP contribution in [0.2, 0.25) is 0 Å². The number of amides is 1. The molecule has 0 atom stereocenters. The third kappa shape index (κ3) is 8.33. The van der Waals surface area contributed by atoms with Crippen molar-refractivity contribution in [1.82, 2.24) is 15.2 Å². The first-order valence-corrected chi connectivity index (χ1v) is 8.75. The molecule has 0 aliphatic heterocycles. The summed E-state index contributed by atoms with van der Waals surface area (Å²) in [5, 5.41) is 5.34. The summed E-state index contributed by atoms with van der Waals surface area (Å²) in [6.45, 7) is 2.51. The van der Waals surface area contributed by atoms with Gasteiger partial charge in [0.2, 0.25) is 0 Å². The molecule has 0 saturated heterocycles. The molecule has 146 valence electrons. The Morgan fingerprint density at radius 3 is 2.54 bits per heavy atom. The van der Waals surface area contributed by atoms with Crippen molar-refractivity contribution in [3.63, 3.8) is 0 Å². The molecule has 1 heterocycles. The Kier molecular flexibility index (Phi) is 12.2. The van der Waals surface area contributed by atoms with Crippen LogP contribution in [0.5, 0.6) is 5.75 Å². The zero-order valence-electron chi connectivity index (χ0n) is 14.9. The number of hydrogen-bond donors (Lipinski definition) is 2. The number of ether oxygens (including phenoxy) is 1. The van der Waals surface area contributed by atoms with Crippen LogP contribution in [0.25, 0.3) is 0 Å². The van der Waals surface area contributed by atoms with Gasteiger partial charge in [-0.15, -0.1) is 36.2 Å². The molecule has 26 heavy (non-hydrogen) atoms. The van der Waals surface area contributed by atoms with Crippen molar-refractivity contribution < 1.29 is 9.53 Å². The van der Waals surface area contributed by atoms with Gasteiger partial charge in [-0.3, -0.25) is 4.79 Å². The summed E-state index contributed by atoms with van der Waals surface area (Å²) in [4.78, 5) is 18.3. The molecule has 2 rings (SSSR count). The van der Waals surface area contributed by atoms with Crippen molar-refractivity contribution >= 4 is 42.1 Å². The van der Waals surface area contributed by atoms with Crippen LogP contribution in [0.4, 0.5) is 0 Å². The number of benzene rings is 1. The molecule has 9 heteroatoms. The number of carbonyl (C=O) groups is 1. The monoisotopic (exact) mass is 420 g/mol. The van der Waals surface area contributed by atoms with E-state index in [1.165, 1.54) is 11.3 Å². The Bertz CT molecular complexity index is 650. The highest BCUT2D eigenvalue weighted by atomic mass is 35.5. The largest absolute Gasteiger partial charge is 0.494 e. The zero-order chi connectivity index (χ0) is 17.4. The maximum absolute atomic E-state index is 12.0. The maximum atomic E-state index is 12.0. The molecule has 1 amide bonds. The van der Waals surface area contributed by atoms with Crippen LogP contribution in [-0.2, 0) is 13.1 Å². The first-order chi connectivity index (χ1) is 11.6. The van der Waals surface area contributed by atoms with Crippen LogP contribution in [0.3, 0.4) is 0 Å². The van der Waals surface area contributed by atoms with E-state index in [9.17, 15) is 4.79 Å². The van der Waals surface area contributed by atoms with Crippen molar-refractivity contribution in [1.29, 1.82) is 0 Å². The lowest BCUT2D eigenvalue weighted by Gasteiger charge is -2.10. The summed E-state index contributed by atoms with van der Waals surface area (Å²) in [5.74, 6) is 0.658. The SMILES string of the molecule is CN(C)CCCOc1ccc(CNC(=O)c2csc(CN)n2)cc1.Cl.Cl. The molecule has 0 radical (unpaired) electrons. The highest BCUT2D eigenvalue weighted by Crippen LogP contribution is 2.13. The normalized spacial score (nSPS) is 10.0. The van der Waals surface area contributed by atoms with Gasteiger partial charge in [-0.05, 0) is 38.2 Å². The maximum Gasteiger partial charge on any atom is 0.271 e. The predicted molar refractivity (Wildman–Crippen MR) is 111 cm³/mol. The second-order valence-electron chi connectivity index (χ2n) is 5.66. The number of hydrogen-bond acceptors (Lipinski definition) is 6. The topological polar surface area (TPSA) is 80.5 Å². The molecule has 0 unspecified atom stereocenters. The van der Waals surface area contributed by atoms with E-state index < -0.39 is 0 Å². The number of aromatic nitrogens is 1. The summed E-state index contributed by atoms with van der Waals surface area (Å²) < 4.78 is 5.69. The Morgan fingerprint density at radius 2 is 1.96 bits per heavy atom. The van der Waals surface area contributed by atoms with Gasteiger partial charge in [0, 0.05) is 25.0 Å². The van der Waals surface area contributed by atoms with Gasteiger partial charge in [-0.25, -0.2) is 4.98 Å². The first-order valence-electron chi connectivity index (χ1n) is 7.87. The molecule has 0 spiro atoms. The summed E-state index contributed by atoms with van der Waals surface area (Å²) in [7, 11) is 4.09. The number of thiazole rings is 1. The molecule has 1 aromatic heterocycles. The molecule has 3 N–H and O–H groups in total. The van der Waals surface area contributed by atoms with E-state index in [1.807, 2.05) is 38.4 Å².